The normalized spacial score (nSPS) is 23.3. The molecular formula is C53H68F2N4O7Si. The number of pyridine rings is 2. The number of nitrogens with zero attached hydrogens (tertiary/aromatic N) is 4. The van der Waals surface area contributed by atoms with Gasteiger partial charge in [-0.25, -0.2) is 23.5 Å². The lowest BCUT2D eigenvalue weighted by Crippen LogP contribution is -2.65. The summed E-state index contributed by atoms with van der Waals surface area (Å²) in [6.07, 6.45) is 4.16. The highest BCUT2D eigenvalue weighted by Gasteiger charge is 2.56. The molecular weight excluding hydrogens is 871 g/mol. The van der Waals surface area contributed by atoms with E-state index in [0.29, 0.717) is 92.5 Å². The van der Waals surface area contributed by atoms with Gasteiger partial charge in [-0.15, -0.1) is 5.54 Å². The Bertz CT molecular complexity index is 2630. The Balaban J connectivity index is 1.32. The van der Waals surface area contributed by atoms with Crippen LogP contribution in [0.3, 0.4) is 0 Å². The van der Waals surface area contributed by atoms with Crippen molar-refractivity contribution in [2.75, 3.05) is 32.0 Å². The number of amides is 1. The molecule has 0 spiro atoms. The number of carbonyl (C=O) groups is 1. The second kappa shape index (κ2) is 17.8. The van der Waals surface area contributed by atoms with Gasteiger partial charge in [-0.2, -0.15) is 0 Å². The van der Waals surface area contributed by atoms with Gasteiger partial charge < -0.3 is 33.3 Å². The van der Waals surface area contributed by atoms with E-state index < -0.39 is 43.3 Å². The summed E-state index contributed by atoms with van der Waals surface area (Å²) in [5.74, 6) is 3.46. The second-order valence-corrected chi connectivity index (χ2v) is 27.1. The van der Waals surface area contributed by atoms with Crippen molar-refractivity contribution in [1.29, 1.82) is 0 Å². The third-order valence-corrected chi connectivity index (χ3v) is 21.4. The lowest BCUT2D eigenvalue weighted by molar-refractivity contribution is -0.199. The molecule has 360 valence electrons. The highest BCUT2D eigenvalue weighted by Crippen LogP contribution is 2.57. The average Bonchev–Trinajstić information content (AvgIpc) is 3.98. The van der Waals surface area contributed by atoms with Crippen molar-refractivity contribution in [3.8, 4) is 34.4 Å². The van der Waals surface area contributed by atoms with Crippen molar-refractivity contribution in [2.45, 2.75) is 179 Å². The Labute approximate surface area is 395 Å². The van der Waals surface area contributed by atoms with Crippen LogP contribution in [-0.2, 0) is 24.5 Å². The monoisotopic (exact) mass is 938 g/mol. The molecule has 2 aromatic carbocycles. The third-order valence-electron chi connectivity index (χ3n) is 15.1. The Hall–Kier alpha value is -4.55. The smallest absolute Gasteiger partial charge is 0.410 e. The van der Waals surface area contributed by atoms with Crippen LogP contribution >= 0.6 is 0 Å². The highest BCUT2D eigenvalue weighted by molar-refractivity contribution is 6.90. The molecule has 3 saturated heterocycles. The standard InChI is InChI=1S/C53H68F2N4O7Si/c1-29(2)67(30(3)4,31(5)6)24-20-37-39(54)18-16-34-25-36(63-28-61-12)26-38(42(34)37)47-46(55)43-44-49(56-32(7)45(43)53(21-22-53)65-41-15-13-14-23-62-41)58-27-35-17-19-40(48(58)33(8)64-50(44)57-47)59(35)51(60)66-52(9,10)11/h16,18,25-26,29-31,33,35,40-41,48H,13-15,17,19,21-23,27-28H2,1-12H3/t33-,35+,40-,41?,48+/m0/s1. The van der Waals surface area contributed by atoms with Crippen LogP contribution in [-0.4, -0.2) is 92.2 Å². The van der Waals surface area contributed by atoms with E-state index in [4.69, 9.17) is 38.4 Å². The molecule has 1 aliphatic carbocycles. The number of fused-ring (bicyclic) bond motifs is 6. The van der Waals surface area contributed by atoms with Crippen LogP contribution in [0.25, 0.3) is 32.8 Å². The maximum absolute atomic E-state index is 18.9. The van der Waals surface area contributed by atoms with Gasteiger partial charge in [0.15, 0.2) is 18.9 Å². The quantitative estimate of drug-likeness (QED) is 0.0867. The van der Waals surface area contributed by atoms with Crippen molar-refractivity contribution in [2.24, 2.45) is 0 Å². The average molecular weight is 939 g/mol. The van der Waals surface area contributed by atoms with E-state index in [1.54, 1.807) is 12.1 Å². The predicted molar refractivity (Wildman–Crippen MR) is 259 cm³/mol. The van der Waals surface area contributed by atoms with E-state index in [-0.39, 0.29) is 48.1 Å². The Morgan fingerprint density at radius 1 is 0.985 bits per heavy atom. The molecule has 4 aliphatic heterocycles. The SMILES string of the molecule is COCOc1cc(-c2nc3c4c(nc(C)c(C5(OC6CCCCO6)CC5)c4c2F)N2C[C@H]4CC[C@@H]([C@H]2[C@H](C)O3)N4C(=O)OC(C)(C)C)c2c(C#C[Si](C(C)C)(C(C)C)C(C)C)c(F)ccc2c1. The van der Waals surface area contributed by atoms with Gasteiger partial charge in [0.05, 0.1) is 34.7 Å². The molecule has 11 nitrogen and oxygen atoms in total. The first-order chi connectivity index (χ1) is 31.8. The molecule has 4 fully saturated rings. The molecule has 5 atom stereocenters. The molecule has 0 N–H and O–H groups in total. The van der Waals surface area contributed by atoms with Crippen LogP contribution in [0.2, 0.25) is 16.6 Å². The zero-order chi connectivity index (χ0) is 47.9. The number of carbonyl (C=O) groups excluding carboxylic acids is 1. The number of aromatic nitrogens is 2. The van der Waals surface area contributed by atoms with Gasteiger partial charge in [-0.3, -0.25) is 4.90 Å². The van der Waals surface area contributed by atoms with Gasteiger partial charge in [-0.1, -0.05) is 53.5 Å². The summed E-state index contributed by atoms with van der Waals surface area (Å²) in [7, 11) is -0.825. The molecule has 9 rings (SSSR count). The Morgan fingerprint density at radius 2 is 1.72 bits per heavy atom. The minimum atomic E-state index is -2.36. The number of ether oxygens (including phenoxy) is 6. The molecule has 1 unspecified atom stereocenters. The van der Waals surface area contributed by atoms with E-state index in [0.717, 1.165) is 32.1 Å². The fourth-order valence-corrected chi connectivity index (χ4v) is 17.4. The zero-order valence-electron chi connectivity index (χ0n) is 41.4. The molecule has 1 amide bonds. The fraction of sp³-hybridized carbons (Fsp3) is 0.604. The molecule has 0 radical (unpaired) electrons. The number of hydrogen-bond acceptors (Lipinski definition) is 10. The number of rotatable bonds is 10. The fourth-order valence-electron chi connectivity index (χ4n) is 12.2. The summed E-state index contributed by atoms with van der Waals surface area (Å²) in [5.41, 5.74) is 4.82. The molecule has 14 heteroatoms. The molecule has 4 aromatic rings. The van der Waals surface area contributed by atoms with E-state index in [1.165, 1.54) is 13.2 Å². The number of hydrogen-bond donors (Lipinski definition) is 0. The van der Waals surface area contributed by atoms with Crippen molar-refractivity contribution >= 4 is 41.5 Å². The van der Waals surface area contributed by atoms with Crippen LogP contribution in [0.4, 0.5) is 19.4 Å². The van der Waals surface area contributed by atoms with Crippen molar-refractivity contribution in [1.82, 2.24) is 14.9 Å². The van der Waals surface area contributed by atoms with Crippen molar-refractivity contribution in [3.63, 3.8) is 0 Å². The van der Waals surface area contributed by atoms with E-state index in [9.17, 15) is 4.79 Å². The van der Waals surface area contributed by atoms with E-state index in [1.807, 2.05) is 45.6 Å². The molecule has 6 heterocycles. The Morgan fingerprint density at radius 3 is 2.36 bits per heavy atom. The zero-order valence-corrected chi connectivity index (χ0v) is 42.4. The van der Waals surface area contributed by atoms with Gasteiger partial charge in [0.2, 0.25) is 5.88 Å². The lowest BCUT2D eigenvalue weighted by Gasteiger charge is -2.48. The number of aryl methyl sites for hydroxylation is 1. The summed E-state index contributed by atoms with van der Waals surface area (Å²) in [6.45, 7) is 23.9. The van der Waals surface area contributed by atoms with Crippen LogP contribution in [0.15, 0.2) is 24.3 Å². The maximum atomic E-state index is 18.9. The molecule has 5 aliphatic rings. The first kappa shape index (κ1) is 47.5. The van der Waals surface area contributed by atoms with Crippen LogP contribution in [0.5, 0.6) is 11.6 Å². The summed E-state index contributed by atoms with van der Waals surface area (Å²) in [5, 5.41) is 1.79. The predicted octanol–water partition coefficient (Wildman–Crippen LogP) is 11.9. The summed E-state index contributed by atoms with van der Waals surface area (Å²) < 4.78 is 73.1. The Kier molecular flexibility index (Phi) is 12.6. The topological polar surface area (TPSA) is 105 Å². The minimum Gasteiger partial charge on any atom is -0.472 e. The minimum absolute atomic E-state index is 0.0319. The van der Waals surface area contributed by atoms with Gasteiger partial charge in [0.1, 0.15) is 42.9 Å². The van der Waals surface area contributed by atoms with Crippen LogP contribution in [0, 0.1) is 30.0 Å². The van der Waals surface area contributed by atoms with Gasteiger partial charge >= 0.3 is 6.09 Å². The third kappa shape index (κ3) is 8.23. The van der Waals surface area contributed by atoms with Crippen molar-refractivity contribution < 1.29 is 42.0 Å². The molecule has 2 bridgehead atoms. The summed E-state index contributed by atoms with van der Waals surface area (Å²) in [4.78, 5) is 28.6. The van der Waals surface area contributed by atoms with E-state index >= 15 is 8.78 Å². The first-order valence-corrected chi connectivity index (χ1v) is 26.7. The first-order valence-electron chi connectivity index (χ1n) is 24.5. The summed E-state index contributed by atoms with van der Waals surface area (Å²) in [6, 6.07) is 5.86. The molecule has 67 heavy (non-hydrogen) atoms. The lowest BCUT2D eigenvalue weighted by atomic mass is 9.92. The van der Waals surface area contributed by atoms with Crippen LogP contribution in [0.1, 0.15) is 131 Å². The van der Waals surface area contributed by atoms with Gasteiger partial charge in [-0.05, 0) is 120 Å². The number of methoxy groups -OCH3 is 1. The largest absolute Gasteiger partial charge is 0.472 e. The number of piperazine rings is 1. The molecule has 1 saturated carbocycles. The van der Waals surface area contributed by atoms with Gasteiger partial charge in [0.25, 0.3) is 0 Å². The number of benzene rings is 2. The number of anilines is 1. The van der Waals surface area contributed by atoms with Crippen LogP contribution < -0.4 is 14.4 Å². The number of halogens is 2. The maximum Gasteiger partial charge on any atom is 0.410 e. The molecule has 2 aromatic heterocycles. The van der Waals surface area contributed by atoms with E-state index in [2.05, 4.69) is 57.9 Å². The van der Waals surface area contributed by atoms with Gasteiger partial charge in [0, 0.05) is 47.9 Å². The second-order valence-electron chi connectivity index (χ2n) is 21.5. The van der Waals surface area contributed by atoms with Crippen molar-refractivity contribution in [3.05, 3.63) is 52.7 Å². The summed E-state index contributed by atoms with van der Waals surface area (Å²) >= 11 is 0. The highest BCUT2D eigenvalue weighted by atomic mass is 28.3.